The van der Waals surface area contributed by atoms with E-state index in [0.717, 1.165) is 84.3 Å². The molecule has 1 aromatic heterocycles. The number of aldehydes is 1. The van der Waals surface area contributed by atoms with Crippen LogP contribution in [0.5, 0.6) is 0 Å². The number of nitrogens with zero attached hydrogens (tertiary/aromatic N) is 2. The molecule has 2 aromatic carbocycles. The Morgan fingerprint density at radius 2 is 1.85 bits per heavy atom. The van der Waals surface area contributed by atoms with Crippen LogP contribution in [-0.2, 0) is 6.42 Å². The van der Waals surface area contributed by atoms with E-state index in [2.05, 4.69) is 59.5 Å². The average molecular weight is 569 g/mol. The summed E-state index contributed by atoms with van der Waals surface area (Å²) in [6.07, 6.45) is 10.5. The van der Waals surface area contributed by atoms with Gasteiger partial charge in [-0.3, -0.25) is 9.69 Å². The molecule has 0 amide bonds. The Labute approximate surface area is 248 Å². The Bertz CT molecular complexity index is 1560. The molecule has 2 heterocycles. The summed E-state index contributed by atoms with van der Waals surface area (Å²) in [7, 11) is 0. The Hall–Kier alpha value is -3.54. The first-order valence-electron chi connectivity index (χ1n) is 14.5. The lowest BCUT2D eigenvalue weighted by molar-refractivity contribution is 0.112. The number of aromatic nitrogens is 1. The van der Waals surface area contributed by atoms with Gasteiger partial charge in [-0.2, -0.15) is 0 Å². The summed E-state index contributed by atoms with van der Waals surface area (Å²) in [4.78, 5) is 20.0. The Balaban J connectivity index is 1.29. The Kier molecular flexibility index (Phi) is 8.86. The monoisotopic (exact) mass is 568 g/mol. The molecule has 1 saturated heterocycles. The predicted octanol–water partition coefficient (Wildman–Crippen LogP) is 5.54. The van der Waals surface area contributed by atoms with Crippen LogP contribution in [0.25, 0.3) is 18.2 Å². The number of carbonyl (C=O) groups excluding carboxylic acids is 1. The number of benzene rings is 2. The maximum atomic E-state index is 11.9. The van der Waals surface area contributed by atoms with Crippen LogP contribution in [0.2, 0.25) is 5.02 Å². The maximum absolute atomic E-state index is 11.9. The van der Waals surface area contributed by atoms with E-state index >= 15 is 0 Å². The van der Waals surface area contributed by atoms with Gasteiger partial charge in [-0.05, 0) is 107 Å². The molecule has 2 aliphatic rings. The van der Waals surface area contributed by atoms with E-state index in [-0.39, 0.29) is 0 Å². The summed E-state index contributed by atoms with van der Waals surface area (Å²) < 4.78 is 0. The molecule has 1 aliphatic heterocycles. The van der Waals surface area contributed by atoms with Crippen LogP contribution < -0.4 is 21.2 Å². The van der Waals surface area contributed by atoms with Crippen LogP contribution in [0.4, 0.5) is 5.69 Å². The minimum atomic E-state index is 0.316. The molecule has 0 atom stereocenters. The van der Waals surface area contributed by atoms with Crippen molar-refractivity contribution in [1.29, 1.82) is 0 Å². The molecule has 0 bridgehead atoms. The normalized spacial score (nSPS) is 18.7. The minimum absolute atomic E-state index is 0.316. The van der Waals surface area contributed by atoms with E-state index in [0.29, 0.717) is 17.4 Å². The number of aromatic amines is 1. The fourth-order valence-electron chi connectivity index (χ4n) is 6.08. The summed E-state index contributed by atoms with van der Waals surface area (Å²) >= 11 is 6.20. The minimum Gasteiger partial charge on any atom is -0.404 e. The van der Waals surface area contributed by atoms with E-state index in [1.807, 2.05) is 36.5 Å². The number of nitrogens with two attached hydrogens (primary N) is 1. The number of halogens is 1. The molecule has 214 valence electrons. The van der Waals surface area contributed by atoms with Crippen molar-refractivity contribution in [3.8, 4) is 0 Å². The number of hydrogen-bond acceptors (Lipinski definition) is 4. The van der Waals surface area contributed by atoms with Crippen LogP contribution in [-0.4, -0.2) is 48.9 Å². The summed E-state index contributed by atoms with van der Waals surface area (Å²) in [5.74, 6) is 0. The molecule has 5 rings (SSSR count). The van der Waals surface area contributed by atoms with Gasteiger partial charge in [-0.25, -0.2) is 0 Å². The fourth-order valence-corrected chi connectivity index (χ4v) is 6.21. The van der Waals surface area contributed by atoms with Gasteiger partial charge >= 0.3 is 0 Å². The SMILES string of the molecule is C=c1[nH]cc/c1=C/C(=C\N)Cc1cc(N2CCN(CC3=C(c4ccc(Cl)cc4)CC(C)(C)CC3)CC2)ccc1C=O. The largest absolute Gasteiger partial charge is 0.404 e. The molecular weight excluding hydrogens is 528 g/mol. The molecular formula is C35H41ClN4O. The van der Waals surface area contributed by atoms with Crippen molar-refractivity contribution in [1.82, 2.24) is 9.88 Å². The van der Waals surface area contributed by atoms with Crippen molar-refractivity contribution >= 4 is 41.8 Å². The van der Waals surface area contributed by atoms with E-state index in [9.17, 15) is 4.79 Å². The van der Waals surface area contributed by atoms with Crippen molar-refractivity contribution in [2.24, 2.45) is 11.1 Å². The van der Waals surface area contributed by atoms with E-state index in [1.54, 1.807) is 11.8 Å². The first-order chi connectivity index (χ1) is 19.7. The van der Waals surface area contributed by atoms with Gasteiger partial charge in [0.1, 0.15) is 6.29 Å². The lowest BCUT2D eigenvalue weighted by Gasteiger charge is -2.39. The quantitative estimate of drug-likeness (QED) is 0.350. The van der Waals surface area contributed by atoms with Crippen LogP contribution in [0, 0.1) is 5.41 Å². The second-order valence-electron chi connectivity index (χ2n) is 12.2. The highest BCUT2D eigenvalue weighted by Crippen LogP contribution is 2.43. The number of piperazine rings is 1. The number of rotatable bonds is 8. The van der Waals surface area contributed by atoms with Gasteiger partial charge in [0.2, 0.25) is 0 Å². The highest BCUT2D eigenvalue weighted by Gasteiger charge is 2.29. The summed E-state index contributed by atoms with van der Waals surface area (Å²) in [6.45, 7) is 13.7. The Morgan fingerprint density at radius 3 is 2.51 bits per heavy atom. The highest BCUT2D eigenvalue weighted by molar-refractivity contribution is 6.30. The molecule has 6 heteroatoms. The maximum Gasteiger partial charge on any atom is 0.150 e. The molecule has 3 N–H and O–H groups in total. The number of hydrogen-bond donors (Lipinski definition) is 2. The number of carbonyl (C=O) groups is 1. The molecule has 0 unspecified atom stereocenters. The number of H-pyrrole nitrogens is 1. The molecule has 5 nitrogen and oxygen atoms in total. The Morgan fingerprint density at radius 1 is 1.10 bits per heavy atom. The van der Waals surface area contributed by atoms with Crippen molar-refractivity contribution < 1.29 is 4.79 Å². The molecule has 0 radical (unpaired) electrons. The van der Waals surface area contributed by atoms with E-state index in [4.69, 9.17) is 17.3 Å². The summed E-state index contributed by atoms with van der Waals surface area (Å²) in [5.41, 5.74) is 14.5. The summed E-state index contributed by atoms with van der Waals surface area (Å²) in [6, 6.07) is 16.5. The predicted molar refractivity (Wildman–Crippen MR) is 172 cm³/mol. The third-order valence-corrected chi connectivity index (χ3v) is 8.85. The second kappa shape index (κ2) is 12.5. The van der Waals surface area contributed by atoms with Crippen molar-refractivity contribution in [3.63, 3.8) is 0 Å². The molecule has 1 aliphatic carbocycles. The smallest absolute Gasteiger partial charge is 0.150 e. The van der Waals surface area contributed by atoms with Crippen molar-refractivity contribution in [2.45, 2.75) is 39.5 Å². The van der Waals surface area contributed by atoms with Gasteiger partial charge in [-0.1, -0.05) is 49.7 Å². The number of anilines is 1. The van der Waals surface area contributed by atoms with E-state index in [1.165, 1.54) is 17.6 Å². The topological polar surface area (TPSA) is 65.4 Å². The standard InChI is InChI=1S/C35H41ClN4O/c1-25-28(11-13-38-25)18-26(22-37)19-31-20-33(9-6-30(31)24-41)40-16-14-39(15-17-40)23-29-10-12-35(2,3)21-34(29)27-4-7-32(36)8-5-27/h4-9,11,13,18,20,22,24,38H,1,10,12,14-17,19,21,23,37H2,2-3H3/b26-22+,28-18-. The van der Waals surface area contributed by atoms with Crippen LogP contribution in [0.15, 0.2) is 72.1 Å². The number of allylic oxidation sites excluding steroid dienone is 2. The van der Waals surface area contributed by atoms with Gasteiger partial charge in [-0.15, -0.1) is 0 Å². The molecule has 3 aromatic rings. The lowest BCUT2D eigenvalue weighted by atomic mass is 9.72. The molecule has 0 saturated carbocycles. The zero-order chi connectivity index (χ0) is 29.0. The summed E-state index contributed by atoms with van der Waals surface area (Å²) in [5, 5.41) is 2.63. The zero-order valence-corrected chi connectivity index (χ0v) is 25.0. The fraction of sp³-hybridized carbons (Fsp3) is 0.343. The molecule has 41 heavy (non-hydrogen) atoms. The van der Waals surface area contributed by atoms with Crippen LogP contribution in [0.1, 0.15) is 54.6 Å². The van der Waals surface area contributed by atoms with Gasteiger partial charge < -0.3 is 15.6 Å². The molecule has 0 spiro atoms. The zero-order valence-electron chi connectivity index (χ0n) is 24.3. The highest BCUT2D eigenvalue weighted by atomic mass is 35.5. The van der Waals surface area contributed by atoms with Crippen LogP contribution in [0.3, 0.4) is 0 Å². The first-order valence-corrected chi connectivity index (χ1v) is 14.9. The van der Waals surface area contributed by atoms with Gasteiger partial charge in [0.25, 0.3) is 0 Å². The van der Waals surface area contributed by atoms with Gasteiger partial charge in [0.05, 0.1) is 0 Å². The number of nitrogens with one attached hydrogen (secondary N) is 1. The third kappa shape index (κ3) is 7.03. The van der Waals surface area contributed by atoms with Crippen LogP contribution >= 0.6 is 11.6 Å². The lowest BCUT2D eigenvalue weighted by Crippen LogP contribution is -2.47. The second-order valence-corrected chi connectivity index (χ2v) is 12.6. The van der Waals surface area contributed by atoms with E-state index < -0.39 is 0 Å². The van der Waals surface area contributed by atoms with Crippen molar-refractivity contribution in [3.05, 3.63) is 104 Å². The van der Waals surface area contributed by atoms with Gasteiger partial charge in [0, 0.05) is 60.5 Å². The molecule has 1 fully saturated rings. The average Bonchev–Trinajstić information content (AvgIpc) is 3.38. The van der Waals surface area contributed by atoms with Gasteiger partial charge in [0.15, 0.2) is 0 Å². The first kappa shape index (κ1) is 29.0. The van der Waals surface area contributed by atoms with Crippen molar-refractivity contribution in [2.75, 3.05) is 37.6 Å². The third-order valence-electron chi connectivity index (χ3n) is 8.60.